The Morgan fingerprint density at radius 1 is 1.06 bits per heavy atom. The molecule has 1 saturated heterocycles. The minimum Gasteiger partial charge on any atom is -0.494 e. The number of allylic oxidation sites excluding steroid dienone is 1. The van der Waals surface area contributed by atoms with E-state index in [1.807, 2.05) is 31.2 Å². The van der Waals surface area contributed by atoms with E-state index in [9.17, 15) is 28.5 Å². The molecule has 0 saturated carbocycles. The van der Waals surface area contributed by atoms with E-state index in [2.05, 4.69) is 0 Å². The van der Waals surface area contributed by atoms with Gasteiger partial charge in [0.05, 0.1) is 12.7 Å². The van der Waals surface area contributed by atoms with Crippen LogP contribution in [0, 0.1) is 0 Å². The molecular formula is C22H22ClF3O5. The van der Waals surface area contributed by atoms with Crippen LogP contribution in [0.2, 0.25) is 5.02 Å². The van der Waals surface area contributed by atoms with Crippen LogP contribution in [0.5, 0.6) is 5.75 Å². The smallest absolute Gasteiger partial charge is 0.413 e. The number of aliphatic hydroxyl groups excluding tert-OH is 3. The predicted octanol–water partition coefficient (Wildman–Crippen LogP) is 3.93. The molecule has 1 fully saturated rings. The summed E-state index contributed by atoms with van der Waals surface area (Å²) in [5, 5.41) is 30.6. The van der Waals surface area contributed by atoms with Gasteiger partial charge in [-0.3, -0.25) is 0 Å². The fourth-order valence-corrected chi connectivity index (χ4v) is 3.55. The Labute approximate surface area is 182 Å². The maximum absolute atomic E-state index is 12.8. The summed E-state index contributed by atoms with van der Waals surface area (Å²) >= 11 is 6.29. The number of benzene rings is 2. The summed E-state index contributed by atoms with van der Waals surface area (Å²) in [5.41, 5.74) is 1.89. The van der Waals surface area contributed by atoms with E-state index in [1.54, 1.807) is 12.1 Å². The third-order valence-corrected chi connectivity index (χ3v) is 5.24. The second-order valence-electron chi connectivity index (χ2n) is 7.16. The highest BCUT2D eigenvalue weighted by atomic mass is 35.5. The summed E-state index contributed by atoms with van der Waals surface area (Å²) in [7, 11) is 0. The SMILES string of the molecule is CCOc1ccc(Cc2cc([C@@H]3OC(=CC(F)(F)F)[C@@H](O)[C@H](O)[C@H]3O)ccc2Cl)cc1. The van der Waals surface area contributed by atoms with Crippen molar-refractivity contribution in [1.29, 1.82) is 0 Å². The number of alkyl halides is 3. The molecule has 1 aliphatic heterocycles. The lowest BCUT2D eigenvalue weighted by Gasteiger charge is -2.38. The molecule has 168 valence electrons. The molecule has 9 heteroatoms. The molecule has 0 aliphatic carbocycles. The molecule has 0 aromatic heterocycles. The van der Waals surface area contributed by atoms with E-state index in [-0.39, 0.29) is 6.08 Å². The Morgan fingerprint density at radius 3 is 2.35 bits per heavy atom. The Hall–Kier alpha value is -2.26. The molecule has 0 spiro atoms. The summed E-state index contributed by atoms with van der Waals surface area (Å²) in [6, 6.07) is 12.0. The first kappa shape index (κ1) is 23.4. The van der Waals surface area contributed by atoms with Crippen LogP contribution in [0.4, 0.5) is 13.2 Å². The lowest BCUT2D eigenvalue weighted by molar-refractivity contribution is -0.162. The zero-order valence-corrected chi connectivity index (χ0v) is 17.3. The van der Waals surface area contributed by atoms with Crippen molar-refractivity contribution >= 4 is 11.6 Å². The fourth-order valence-electron chi connectivity index (χ4n) is 3.36. The van der Waals surface area contributed by atoms with E-state index >= 15 is 0 Å². The fraction of sp³-hybridized carbons (Fsp3) is 0.364. The Kier molecular flexibility index (Phi) is 7.16. The van der Waals surface area contributed by atoms with Gasteiger partial charge in [-0.1, -0.05) is 35.9 Å². The molecule has 1 aliphatic rings. The van der Waals surface area contributed by atoms with Crippen LogP contribution in [0.3, 0.4) is 0 Å². The molecular weight excluding hydrogens is 437 g/mol. The first-order chi connectivity index (χ1) is 14.6. The van der Waals surface area contributed by atoms with Crippen molar-refractivity contribution < 1.29 is 38.0 Å². The van der Waals surface area contributed by atoms with E-state index in [1.165, 1.54) is 6.07 Å². The van der Waals surface area contributed by atoms with Gasteiger partial charge in [0.2, 0.25) is 0 Å². The van der Waals surface area contributed by atoms with Crippen LogP contribution in [-0.4, -0.2) is 46.4 Å². The van der Waals surface area contributed by atoms with E-state index in [0.29, 0.717) is 29.2 Å². The third kappa shape index (κ3) is 5.71. The summed E-state index contributed by atoms with van der Waals surface area (Å²) in [6.07, 6.45) is -11.4. The zero-order valence-electron chi connectivity index (χ0n) is 16.5. The summed E-state index contributed by atoms with van der Waals surface area (Å²) in [6.45, 7) is 2.43. The van der Waals surface area contributed by atoms with Crippen molar-refractivity contribution in [3.05, 3.63) is 76.0 Å². The highest BCUT2D eigenvalue weighted by Crippen LogP contribution is 2.37. The van der Waals surface area contributed by atoms with Crippen LogP contribution < -0.4 is 4.74 Å². The largest absolute Gasteiger partial charge is 0.494 e. The van der Waals surface area contributed by atoms with Gasteiger partial charge >= 0.3 is 6.18 Å². The lowest BCUT2D eigenvalue weighted by atomic mass is 9.91. The van der Waals surface area contributed by atoms with Gasteiger partial charge in [0, 0.05) is 5.02 Å². The minimum atomic E-state index is -4.76. The first-order valence-electron chi connectivity index (χ1n) is 9.59. The van der Waals surface area contributed by atoms with Gasteiger partial charge in [-0.25, -0.2) is 0 Å². The maximum atomic E-state index is 12.8. The van der Waals surface area contributed by atoms with Crippen molar-refractivity contribution in [2.24, 2.45) is 0 Å². The number of halogens is 4. The summed E-state index contributed by atoms with van der Waals surface area (Å²) in [5.74, 6) is -0.139. The van der Waals surface area contributed by atoms with Gasteiger partial charge in [-0.2, -0.15) is 13.2 Å². The van der Waals surface area contributed by atoms with E-state index < -0.39 is 36.4 Å². The number of rotatable bonds is 5. The van der Waals surface area contributed by atoms with Crippen LogP contribution in [0.25, 0.3) is 0 Å². The molecule has 5 nitrogen and oxygen atoms in total. The van der Waals surface area contributed by atoms with Crippen molar-refractivity contribution in [3.8, 4) is 5.75 Å². The average molecular weight is 459 g/mol. The molecule has 1 heterocycles. The standard InChI is InChI=1S/C22H22ClF3O5/c1-2-30-15-6-3-12(4-7-15)9-14-10-13(5-8-16(14)23)21-20(29)19(28)18(27)17(31-21)11-22(24,25)26/h3-8,10-11,18-21,27-29H,2,9H2,1H3/t18-,19+,20-,21+/m1/s1. The van der Waals surface area contributed by atoms with Crippen LogP contribution in [0.15, 0.2) is 54.3 Å². The van der Waals surface area contributed by atoms with Gasteiger partial charge in [-0.05, 0) is 48.2 Å². The van der Waals surface area contributed by atoms with Crippen molar-refractivity contribution in [1.82, 2.24) is 0 Å². The summed E-state index contributed by atoms with van der Waals surface area (Å²) < 4.78 is 49.0. The Bertz CT molecular complexity index is 930. The molecule has 0 radical (unpaired) electrons. The number of ether oxygens (including phenoxy) is 2. The molecule has 3 rings (SSSR count). The molecule has 4 atom stereocenters. The zero-order chi connectivity index (χ0) is 22.8. The number of aliphatic hydroxyl groups is 3. The average Bonchev–Trinajstić information content (AvgIpc) is 2.71. The summed E-state index contributed by atoms with van der Waals surface area (Å²) in [4.78, 5) is 0. The second-order valence-corrected chi connectivity index (χ2v) is 7.56. The van der Waals surface area contributed by atoms with Gasteiger partial charge in [0.1, 0.15) is 29.8 Å². The van der Waals surface area contributed by atoms with Gasteiger partial charge in [-0.15, -0.1) is 0 Å². The maximum Gasteiger partial charge on any atom is 0.413 e. The van der Waals surface area contributed by atoms with Crippen molar-refractivity contribution in [2.75, 3.05) is 6.61 Å². The first-order valence-corrected chi connectivity index (χ1v) is 9.97. The molecule has 2 aromatic rings. The predicted molar refractivity (Wildman–Crippen MR) is 108 cm³/mol. The van der Waals surface area contributed by atoms with E-state index in [0.717, 1.165) is 11.3 Å². The molecule has 0 unspecified atom stereocenters. The Morgan fingerprint density at radius 2 is 1.74 bits per heavy atom. The molecule has 31 heavy (non-hydrogen) atoms. The minimum absolute atomic E-state index is 0.226. The topological polar surface area (TPSA) is 79.2 Å². The quantitative estimate of drug-likeness (QED) is 0.632. The monoisotopic (exact) mass is 458 g/mol. The molecule has 2 aromatic carbocycles. The van der Waals surface area contributed by atoms with Crippen molar-refractivity contribution in [3.63, 3.8) is 0 Å². The molecule has 0 bridgehead atoms. The lowest BCUT2D eigenvalue weighted by Crippen LogP contribution is -2.48. The van der Waals surface area contributed by atoms with Crippen LogP contribution in [-0.2, 0) is 11.2 Å². The molecule has 0 amide bonds. The van der Waals surface area contributed by atoms with Gasteiger partial charge in [0.15, 0.2) is 6.10 Å². The number of hydrogen-bond acceptors (Lipinski definition) is 5. The highest BCUT2D eigenvalue weighted by Gasteiger charge is 2.44. The molecule has 3 N–H and O–H groups in total. The van der Waals surface area contributed by atoms with Gasteiger partial charge in [0.25, 0.3) is 0 Å². The van der Waals surface area contributed by atoms with Crippen molar-refractivity contribution in [2.45, 2.75) is 43.9 Å². The normalized spacial score (nSPS) is 25.4. The van der Waals surface area contributed by atoms with E-state index in [4.69, 9.17) is 21.1 Å². The number of hydrogen-bond donors (Lipinski definition) is 3. The Balaban J connectivity index is 1.87. The van der Waals surface area contributed by atoms with Crippen LogP contribution >= 0.6 is 11.6 Å². The van der Waals surface area contributed by atoms with Crippen LogP contribution in [0.1, 0.15) is 29.7 Å². The third-order valence-electron chi connectivity index (χ3n) is 4.87. The highest BCUT2D eigenvalue weighted by molar-refractivity contribution is 6.31. The van der Waals surface area contributed by atoms with Gasteiger partial charge < -0.3 is 24.8 Å². The second kappa shape index (κ2) is 9.48.